The van der Waals surface area contributed by atoms with Crippen LogP contribution in [0.1, 0.15) is 88.7 Å². The summed E-state index contributed by atoms with van der Waals surface area (Å²) in [5, 5.41) is 7.76. The zero-order valence-corrected chi connectivity index (χ0v) is 15.8. The van der Waals surface area contributed by atoms with Crippen molar-refractivity contribution in [3.05, 3.63) is 23.3 Å². The Morgan fingerprint density at radius 2 is 1.33 bits per heavy atom. The molecule has 2 aliphatic carbocycles. The first-order valence-electron chi connectivity index (χ1n) is 10.4. The second kappa shape index (κ2) is 8.78. The second-order valence-electron chi connectivity index (χ2n) is 8.03. The minimum atomic E-state index is 0.678. The van der Waals surface area contributed by atoms with E-state index in [1.807, 2.05) is 0 Å². The maximum atomic E-state index is 3.90. The van der Waals surface area contributed by atoms with Crippen molar-refractivity contribution in [3.8, 4) is 0 Å². The van der Waals surface area contributed by atoms with Gasteiger partial charge < -0.3 is 10.6 Å². The fourth-order valence-electron chi connectivity index (χ4n) is 4.47. The first kappa shape index (κ1) is 17.6. The third-order valence-electron chi connectivity index (χ3n) is 5.90. The van der Waals surface area contributed by atoms with Crippen LogP contribution in [0.4, 0.5) is 11.4 Å². The van der Waals surface area contributed by atoms with Crippen molar-refractivity contribution in [3.63, 3.8) is 0 Å². The molecule has 2 fully saturated rings. The third-order valence-corrected chi connectivity index (χ3v) is 5.90. The molecular formula is C22H36N2. The maximum Gasteiger partial charge on any atom is 0.0395 e. The van der Waals surface area contributed by atoms with E-state index in [0.717, 1.165) is 0 Å². The molecule has 0 radical (unpaired) electrons. The molecule has 1 aromatic carbocycles. The average Bonchev–Trinajstić information content (AvgIpc) is 2.61. The molecular weight excluding hydrogens is 292 g/mol. The Bertz CT molecular complexity index is 511. The molecule has 0 amide bonds. The zero-order chi connectivity index (χ0) is 16.8. The molecule has 2 aliphatic rings. The Balaban J connectivity index is 1.76. The molecule has 2 nitrogen and oxygen atoms in total. The first-order valence-corrected chi connectivity index (χ1v) is 10.4. The van der Waals surface area contributed by atoms with Crippen molar-refractivity contribution in [1.82, 2.24) is 0 Å². The Kier molecular flexibility index (Phi) is 6.45. The van der Waals surface area contributed by atoms with E-state index in [1.54, 1.807) is 0 Å². The highest BCUT2D eigenvalue weighted by Gasteiger charge is 2.18. The predicted octanol–water partition coefficient (Wildman–Crippen LogP) is 6.44. The van der Waals surface area contributed by atoms with Crippen molar-refractivity contribution in [2.45, 2.75) is 103 Å². The van der Waals surface area contributed by atoms with Crippen molar-refractivity contribution in [2.24, 2.45) is 0 Å². The van der Waals surface area contributed by atoms with Gasteiger partial charge in [0.2, 0.25) is 0 Å². The van der Waals surface area contributed by atoms with E-state index < -0.39 is 0 Å². The van der Waals surface area contributed by atoms with Gasteiger partial charge in [-0.1, -0.05) is 57.9 Å². The average molecular weight is 329 g/mol. The fraction of sp³-hybridized carbons (Fsp3) is 0.727. The topological polar surface area (TPSA) is 24.1 Å². The van der Waals surface area contributed by atoms with Gasteiger partial charge in [-0.2, -0.15) is 0 Å². The standard InChI is InChI=1S/C22H36N2/c1-3-10-18-15-17(2)21(23-19-11-6-4-7-12-19)16-22(18)24-20-13-8-5-9-14-20/h15-16,19-20,23-24H,3-14H2,1-2H3. The molecule has 134 valence electrons. The number of aryl methyl sites for hydroxylation is 2. The second-order valence-corrected chi connectivity index (χ2v) is 8.03. The van der Waals surface area contributed by atoms with Gasteiger partial charge in [0.05, 0.1) is 0 Å². The normalized spacial score (nSPS) is 20.1. The lowest BCUT2D eigenvalue weighted by atomic mass is 9.93. The van der Waals surface area contributed by atoms with E-state index in [2.05, 4.69) is 36.6 Å². The molecule has 0 heterocycles. The molecule has 2 N–H and O–H groups in total. The molecule has 0 saturated heterocycles. The number of anilines is 2. The summed E-state index contributed by atoms with van der Waals surface area (Å²) in [4.78, 5) is 0. The van der Waals surface area contributed by atoms with Gasteiger partial charge in [0.25, 0.3) is 0 Å². The molecule has 0 spiro atoms. The van der Waals surface area contributed by atoms with Crippen LogP contribution in [0.5, 0.6) is 0 Å². The molecule has 0 aliphatic heterocycles. The molecule has 0 aromatic heterocycles. The number of benzene rings is 1. The van der Waals surface area contributed by atoms with Gasteiger partial charge in [-0.25, -0.2) is 0 Å². The third kappa shape index (κ3) is 4.68. The highest BCUT2D eigenvalue weighted by atomic mass is 14.9. The van der Waals surface area contributed by atoms with Crippen LogP contribution in [0.2, 0.25) is 0 Å². The summed E-state index contributed by atoms with van der Waals surface area (Å²) < 4.78 is 0. The summed E-state index contributed by atoms with van der Waals surface area (Å²) in [5.41, 5.74) is 5.68. The van der Waals surface area contributed by atoms with Gasteiger partial charge in [-0.15, -0.1) is 0 Å². The van der Waals surface area contributed by atoms with Crippen molar-refractivity contribution in [1.29, 1.82) is 0 Å². The predicted molar refractivity (Wildman–Crippen MR) is 106 cm³/mol. The lowest BCUT2D eigenvalue weighted by Gasteiger charge is -2.28. The Labute approximate surface area is 148 Å². The van der Waals surface area contributed by atoms with Crippen LogP contribution in [-0.4, -0.2) is 12.1 Å². The molecule has 0 atom stereocenters. The quantitative estimate of drug-likeness (QED) is 0.628. The lowest BCUT2D eigenvalue weighted by molar-refractivity contribution is 0.461. The summed E-state index contributed by atoms with van der Waals surface area (Å²) >= 11 is 0. The molecule has 24 heavy (non-hydrogen) atoms. The first-order chi connectivity index (χ1) is 11.8. The van der Waals surface area contributed by atoms with Crippen LogP contribution in [0.15, 0.2) is 12.1 Å². The molecule has 2 heteroatoms. The number of nitrogens with one attached hydrogen (secondary N) is 2. The van der Waals surface area contributed by atoms with E-state index in [0.29, 0.717) is 12.1 Å². The maximum absolute atomic E-state index is 3.90. The largest absolute Gasteiger partial charge is 0.382 e. The van der Waals surface area contributed by atoms with E-state index >= 15 is 0 Å². The molecule has 0 bridgehead atoms. The number of hydrogen-bond acceptors (Lipinski definition) is 2. The lowest BCUT2D eigenvalue weighted by Crippen LogP contribution is -2.24. The highest BCUT2D eigenvalue weighted by Crippen LogP contribution is 2.31. The molecule has 1 aromatic rings. The van der Waals surface area contributed by atoms with E-state index in [4.69, 9.17) is 0 Å². The van der Waals surface area contributed by atoms with E-state index in [1.165, 1.54) is 99.6 Å². The van der Waals surface area contributed by atoms with Gasteiger partial charge in [0, 0.05) is 23.5 Å². The highest BCUT2D eigenvalue weighted by molar-refractivity contribution is 5.66. The Morgan fingerprint density at radius 1 is 0.792 bits per heavy atom. The van der Waals surface area contributed by atoms with Crippen LogP contribution in [0, 0.1) is 6.92 Å². The molecule has 2 saturated carbocycles. The van der Waals surface area contributed by atoms with E-state index in [-0.39, 0.29) is 0 Å². The van der Waals surface area contributed by atoms with Crippen LogP contribution in [0.25, 0.3) is 0 Å². The van der Waals surface area contributed by atoms with Crippen LogP contribution in [0.3, 0.4) is 0 Å². The fourth-order valence-corrected chi connectivity index (χ4v) is 4.47. The summed E-state index contributed by atoms with van der Waals surface area (Å²) in [5.74, 6) is 0. The van der Waals surface area contributed by atoms with Crippen LogP contribution < -0.4 is 10.6 Å². The SMILES string of the molecule is CCCc1cc(C)c(NC2CCCCC2)cc1NC1CCCCC1. The van der Waals surface area contributed by atoms with Crippen molar-refractivity contribution in [2.75, 3.05) is 10.6 Å². The summed E-state index contributed by atoms with van der Waals surface area (Å²) in [6.45, 7) is 4.56. The monoisotopic (exact) mass is 328 g/mol. The van der Waals surface area contributed by atoms with Crippen molar-refractivity contribution < 1.29 is 0 Å². The van der Waals surface area contributed by atoms with E-state index in [9.17, 15) is 0 Å². The van der Waals surface area contributed by atoms with Crippen molar-refractivity contribution >= 4 is 11.4 Å². The Morgan fingerprint density at radius 3 is 1.88 bits per heavy atom. The smallest absolute Gasteiger partial charge is 0.0395 e. The minimum Gasteiger partial charge on any atom is -0.382 e. The van der Waals surface area contributed by atoms with Gasteiger partial charge in [-0.05, 0) is 56.2 Å². The van der Waals surface area contributed by atoms with Crippen LogP contribution in [-0.2, 0) is 6.42 Å². The summed E-state index contributed by atoms with van der Waals surface area (Å²) in [6.07, 6.45) is 16.1. The molecule has 0 unspecified atom stereocenters. The summed E-state index contributed by atoms with van der Waals surface area (Å²) in [7, 11) is 0. The van der Waals surface area contributed by atoms with Gasteiger partial charge >= 0.3 is 0 Å². The number of rotatable bonds is 6. The Hall–Kier alpha value is -1.18. The van der Waals surface area contributed by atoms with Gasteiger partial charge in [0.15, 0.2) is 0 Å². The minimum absolute atomic E-state index is 0.678. The number of hydrogen-bond donors (Lipinski definition) is 2. The van der Waals surface area contributed by atoms with Gasteiger partial charge in [0.1, 0.15) is 0 Å². The van der Waals surface area contributed by atoms with Crippen LogP contribution >= 0.6 is 0 Å². The van der Waals surface area contributed by atoms with Gasteiger partial charge in [-0.3, -0.25) is 0 Å². The summed E-state index contributed by atoms with van der Waals surface area (Å²) in [6, 6.07) is 6.21. The zero-order valence-electron chi connectivity index (χ0n) is 15.8. The molecule has 3 rings (SSSR count).